The molecule has 5 nitrogen and oxygen atoms in total. The van der Waals surface area contributed by atoms with Gasteiger partial charge in [-0.05, 0) is 56.1 Å². The zero-order valence-corrected chi connectivity index (χ0v) is 15.8. The SMILES string of the molecule is CC(C)C1=CC2OC2(C)CCCC(CO)C(=O)CCC(C)C(O)C1=O. The summed E-state index contributed by atoms with van der Waals surface area (Å²) >= 11 is 0. The van der Waals surface area contributed by atoms with Crippen LogP contribution in [0, 0.1) is 17.8 Å². The van der Waals surface area contributed by atoms with Gasteiger partial charge in [0, 0.05) is 12.3 Å². The first-order valence-electron chi connectivity index (χ1n) is 9.45. The molecule has 0 radical (unpaired) electrons. The van der Waals surface area contributed by atoms with E-state index in [1.165, 1.54) is 0 Å². The fourth-order valence-electron chi connectivity index (χ4n) is 3.60. The van der Waals surface area contributed by atoms with E-state index in [0.717, 1.165) is 12.8 Å². The number of ketones is 2. The highest BCUT2D eigenvalue weighted by Gasteiger charge is 2.50. The molecule has 0 aromatic heterocycles. The van der Waals surface area contributed by atoms with E-state index in [0.29, 0.717) is 18.4 Å². The standard InChI is InChI=1S/C20H32O5/c1-12(2)15-10-17-20(4,25-17)9-5-6-14(11-21)16(22)8-7-13(3)18(23)19(15)24/h10,12-14,17-18,21,23H,5-9,11H2,1-4H3. The number of hydrogen-bond acceptors (Lipinski definition) is 5. The second-order valence-corrected chi connectivity index (χ2v) is 8.19. The molecule has 0 amide bonds. The topological polar surface area (TPSA) is 87.1 Å². The van der Waals surface area contributed by atoms with Crippen LogP contribution in [0.2, 0.25) is 0 Å². The molecular weight excluding hydrogens is 320 g/mol. The van der Waals surface area contributed by atoms with E-state index in [-0.39, 0.29) is 54.1 Å². The lowest BCUT2D eigenvalue weighted by Crippen LogP contribution is -2.32. The van der Waals surface area contributed by atoms with Gasteiger partial charge in [-0.25, -0.2) is 0 Å². The third kappa shape index (κ3) is 4.78. The van der Waals surface area contributed by atoms with Crippen molar-refractivity contribution in [3.63, 3.8) is 0 Å². The summed E-state index contributed by atoms with van der Waals surface area (Å²) in [6.07, 6.45) is 3.63. The highest BCUT2D eigenvalue weighted by atomic mass is 16.6. The number of fused-ring (bicyclic) bond motifs is 1. The van der Waals surface area contributed by atoms with Crippen LogP contribution in [-0.4, -0.2) is 46.2 Å². The van der Waals surface area contributed by atoms with Gasteiger partial charge in [-0.15, -0.1) is 0 Å². The largest absolute Gasteiger partial charge is 0.396 e. The highest BCUT2D eigenvalue weighted by molar-refractivity contribution is 5.99. The van der Waals surface area contributed by atoms with Crippen molar-refractivity contribution in [2.45, 2.75) is 77.6 Å². The van der Waals surface area contributed by atoms with Gasteiger partial charge in [0.15, 0.2) is 5.78 Å². The van der Waals surface area contributed by atoms with Gasteiger partial charge in [0.2, 0.25) is 0 Å². The van der Waals surface area contributed by atoms with Gasteiger partial charge in [-0.2, -0.15) is 0 Å². The number of aliphatic hydroxyl groups is 2. The van der Waals surface area contributed by atoms with Crippen LogP contribution in [0.3, 0.4) is 0 Å². The molecule has 1 saturated heterocycles. The van der Waals surface area contributed by atoms with Crippen molar-refractivity contribution in [1.82, 2.24) is 0 Å². The lowest BCUT2D eigenvalue weighted by Gasteiger charge is -2.22. The predicted molar refractivity (Wildman–Crippen MR) is 95.0 cm³/mol. The molecule has 1 fully saturated rings. The van der Waals surface area contributed by atoms with Crippen molar-refractivity contribution in [1.29, 1.82) is 0 Å². The van der Waals surface area contributed by atoms with Gasteiger partial charge in [-0.3, -0.25) is 9.59 Å². The number of ether oxygens (including phenoxy) is 1. The molecule has 2 N–H and O–H groups in total. The average Bonchev–Trinajstić information content (AvgIpc) is 3.21. The molecule has 2 aliphatic rings. The van der Waals surface area contributed by atoms with Gasteiger partial charge in [0.1, 0.15) is 18.0 Å². The molecule has 142 valence electrons. The van der Waals surface area contributed by atoms with Crippen LogP contribution in [0.15, 0.2) is 11.6 Å². The number of Topliss-reactive ketones (excluding diaryl/α,β-unsaturated/α-hetero) is 2. The van der Waals surface area contributed by atoms with Gasteiger partial charge in [0.25, 0.3) is 0 Å². The summed E-state index contributed by atoms with van der Waals surface area (Å²) in [7, 11) is 0. The molecule has 0 aromatic rings. The molecule has 0 aromatic carbocycles. The number of rotatable bonds is 2. The van der Waals surface area contributed by atoms with E-state index in [9.17, 15) is 19.8 Å². The van der Waals surface area contributed by atoms with E-state index in [2.05, 4.69) is 0 Å². The van der Waals surface area contributed by atoms with Gasteiger partial charge in [-0.1, -0.05) is 20.8 Å². The van der Waals surface area contributed by atoms with Crippen LogP contribution < -0.4 is 0 Å². The number of aliphatic hydroxyl groups excluding tert-OH is 2. The third-order valence-electron chi connectivity index (χ3n) is 5.73. The second-order valence-electron chi connectivity index (χ2n) is 8.19. The van der Waals surface area contributed by atoms with Crippen LogP contribution in [0.1, 0.15) is 59.8 Å². The quantitative estimate of drug-likeness (QED) is 0.745. The van der Waals surface area contributed by atoms with Crippen LogP contribution in [0.25, 0.3) is 0 Å². The minimum atomic E-state index is -1.11. The predicted octanol–water partition coefficient (Wildman–Crippen LogP) is 2.43. The maximum atomic E-state index is 12.7. The number of carbonyl (C=O) groups excluding carboxylic acids is 2. The normalized spacial score (nSPS) is 38.1. The van der Waals surface area contributed by atoms with Crippen molar-refractivity contribution < 1.29 is 24.5 Å². The molecular formula is C20H32O5. The van der Waals surface area contributed by atoms with E-state index in [4.69, 9.17) is 4.74 Å². The summed E-state index contributed by atoms with van der Waals surface area (Å²) in [5, 5.41) is 20.0. The first kappa shape index (κ1) is 20.3. The molecule has 0 saturated carbocycles. The van der Waals surface area contributed by atoms with Crippen LogP contribution in [0.4, 0.5) is 0 Å². The van der Waals surface area contributed by atoms with Crippen LogP contribution >= 0.6 is 0 Å². The molecule has 0 bridgehead atoms. The maximum absolute atomic E-state index is 12.7. The summed E-state index contributed by atoms with van der Waals surface area (Å²) in [6.45, 7) is 7.55. The smallest absolute Gasteiger partial charge is 0.187 e. The van der Waals surface area contributed by atoms with Crippen molar-refractivity contribution in [3.05, 3.63) is 11.6 Å². The highest BCUT2D eigenvalue weighted by Crippen LogP contribution is 2.43. The first-order valence-corrected chi connectivity index (χ1v) is 9.45. The van der Waals surface area contributed by atoms with Gasteiger partial charge >= 0.3 is 0 Å². The maximum Gasteiger partial charge on any atom is 0.187 e. The Hall–Kier alpha value is -1.04. The molecule has 1 aliphatic heterocycles. The molecule has 5 heteroatoms. The third-order valence-corrected chi connectivity index (χ3v) is 5.73. The molecule has 25 heavy (non-hydrogen) atoms. The van der Waals surface area contributed by atoms with Gasteiger partial charge < -0.3 is 14.9 Å². The van der Waals surface area contributed by atoms with Crippen molar-refractivity contribution >= 4 is 11.6 Å². The summed E-state index contributed by atoms with van der Waals surface area (Å²) < 4.78 is 5.81. The molecule has 5 atom stereocenters. The fourth-order valence-corrected chi connectivity index (χ4v) is 3.60. The fraction of sp³-hybridized carbons (Fsp3) is 0.800. The molecule has 1 aliphatic carbocycles. The number of epoxide rings is 1. The molecule has 5 unspecified atom stereocenters. The Labute approximate surface area is 150 Å². The molecule has 0 spiro atoms. The Morgan fingerprint density at radius 1 is 1.32 bits per heavy atom. The zero-order valence-electron chi connectivity index (χ0n) is 15.8. The minimum Gasteiger partial charge on any atom is -0.396 e. The van der Waals surface area contributed by atoms with Crippen LogP contribution in [0.5, 0.6) is 0 Å². The Bertz CT molecular complexity index is 538. The number of hydrogen-bond donors (Lipinski definition) is 2. The Balaban J connectivity index is 2.24. The van der Waals surface area contributed by atoms with E-state index in [1.807, 2.05) is 26.8 Å². The lowest BCUT2D eigenvalue weighted by molar-refractivity contribution is -0.128. The average molecular weight is 352 g/mol. The van der Waals surface area contributed by atoms with Crippen molar-refractivity contribution in [3.8, 4) is 0 Å². The Morgan fingerprint density at radius 3 is 2.60 bits per heavy atom. The lowest BCUT2D eigenvalue weighted by atomic mass is 9.84. The first-order chi connectivity index (χ1) is 11.7. The second kappa shape index (κ2) is 8.11. The van der Waals surface area contributed by atoms with E-state index < -0.39 is 6.10 Å². The number of carbonyl (C=O) groups is 2. The zero-order chi connectivity index (χ0) is 18.8. The summed E-state index contributed by atoms with van der Waals surface area (Å²) in [5.41, 5.74) is 0.300. The van der Waals surface area contributed by atoms with Crippen LogP contribution in [-0.2, 0) is 14.3 Å². The summed E-state index contributed by atoms with van der Waals surface area (Å²) in [6, 6.07) is 0. The van der Waals surface area contributed by atoms with E-state index >= 15 is 0 Å². The Kier molecular flexibility index (Phi) is 6.57. The molecule has 2 rings (SSSR count). The van der Waals surface area contributed by atoms with Crippen molar-refractivity contribution in [2.24, 2.45) is 17.8 Å². The monoisotopic (exact) mass is 352 g/mol. The van der Waals surface area contributed by atoms with E-state index in [1.54, 1.807) is 6.92 Å². The Morgan fingerprint density at radius 2 is 2.00 bits per heavy atom. The summed E-state index contributed by atoms with van der Waals surface area (Å²) in [4.78, 5) is 25.1. The van der Waals surface area contributed by atoms with Gasteiger partial charge in [0.05, 0.1) is 12.2 Å². The summed E-state index contributed by atoms with van der Waals surface area (Å²) in [5.74, 6) is -0.887. The minimum absolute atomic E-state index is 0.0103. The van der Waals surface area contributed by atoms with Crippen molar-refractivity contribution in [2.75, 3.05) is 6.61 Å². The molecule has 1 heterocycles.